The number of benzene rings is 2. The largest absolute Gasteiger partial charge is 0.376 e. The number of halogens is 1. The normalized spacial score (nSPS) is 10.4. The quantitative estimate of drug-likeness (QED) is 0.653. The van der Waals surface area contributed by atoms with Crippen molar-refractivity contribution in [2.24, 2.45) is 5.10 Å². The van der Waals surface area contributed by atoms with E-state index in [1.54, 1.807) is 6.21 Å². The third-order valence-corrected chi connectivity index (χ3v) is 3.03. The zero-order valence-corrected chi connectivity index (χ0v) is 12.3. The second-order valence-electron chi connectivity index (χ2n) is 4.06. The highest BCUT2D eigenvalue weighted by Crippen LogP contribution is 2.13. The maximum atomic E-state index is 11.6. The molecule has 0 unspecified atom stereocenters. The molecule has 2 aromatic rings. The van der Waals surface area contributed by atoms with Gasteiger partial charge in [-0.2, -0.15) is 5.10 Å². The molecule has 0 aliphatic heterocycles. The summed E-state index contributed by atoms with van der Waals surface area (Å²) in [6.07, 6.45) is 1.61. The Balaban J connectivity index is 1.76. The minimum absolute atomic E-state index is 0.174. The van der Waals surface area contributed by atoms with E-state index in [4.69, 9.17) is 0 Å². The van der Waals surface area contributed by atoms with Gasteiger partial charge in [0, 0.05) is 10.2 Å². The lowest BCUT2D eigenvalue weighted by Gasteiger charge is -2.04. The summed E-state index contributed by atoms with van der Waals surface area (Å²) in [6.45, 7) is 0.174. The number of hydrogen-bond acceptors (Lipinski definition) is 3. The van der Waals surface area contributed by atoms with Crippen LogP contribution in [0.5, 0.6) is 0 Å². The average molecular weight is 332 g/mol. The molecule has 4 nitrogen and oxygen atoms in total. The number of hydrogen-bond donors (Lipinski definition) is 2. The number of rotatable bonds is 5. The second-order valence-corrected chi connectivity index (χ2v) is 4.98. The van der Waals surface area contributed by atoms with E-state index >= 15 is 0 Å². The third-order valence-electron chi connectivity index (χ3n) is 2.50. The molecule has 0 saturated carbocycles. The second kappa shape index (κ2) is 7.45. The number of nitrogens with zero attached hydrogens (tertiary/aromatic N) is 1. The molecule has 2 aromatic carbocycles. The molecule has 0 aliphatic rings. The van der Waals surface area contributed by atoms with Crippen molar-refractivity contribution in [1.82, 2.24) is 5.43 Å². The number of carbonyl (C=O) groups excluding carboxylic acids is 1. The van der Waals surface area contributed by atoms with Crippen LogP contribution in [0.25, 0.3) is 0 Å². The molecular formula is C15H14BrN3O. The van der Waals surface area contributed by atoms with Crippen molar-refractivity contribution in [3.63, 3.8) is 0 Å². The molecule has 0 radical (unpaired) electrons. The van der Waals surface area contributed by atoms with Gasteiger partial charge >= 0.3 is 0 Å². The fourth-order valence-corrected chi connectivity index (χ4v) is 1.77. The highest BCUT2D eigenvalue weighted by atomic mass is 79.9. The molecule has 5 heteroatoms. The molecule has 0 bridgehead atoms. The summed E-state index contributed by atoms with van der Waals surface area (Å²) in [5.41, 5.74) is 4.29. The van der Waals surface area contributed by atoms with Gasteiger partial charge in [-0.05, 0) is 29.8 Å². The Morgan fingerprint density at radius 2 is 1.80 bits per heavy atom. The summed E-state index contributed by atoms with van der Waals surface area (Å²) in [5.74, 6) is -0.194. The number of hydrazone groups is 1. The first-order chi connectivity index (χ1) is 9.74. The standard InChI is InChI=1S/C15H14BrN3O/c16-13-6-8-14(9-7-13)17-11-15(20)19-18-10-12-4-2-1-3-5-12/h1-10,17H,11H2,(H,19,20). The molecular weight excluding hydrogens is 318 g/mol. The number of nitrogens with one attached hydrogen (secondary N) is 2. The highest BCUT2D eigenvalue weighted by Gasteiger charge is 1.99. The molecule has 0 aliphatic carbocycles. The van der Waals surface area contributed by atoms with Crippen molar-refractivity contribution in [2.75, 3.05) is 11.9 Å². The maximum Gasteiger partial charge on any atom is 0.259 e. The summed E-state index contributed by atoms with van der Waals surface area (Å²) in [7, 11) is 0. The van der Waals surface area contributed by atoms with Crippen LogP contribution in [0.4, 0.5) is 5.69 Å². The Kier molecular flexibility index (Phi) is 5.32. The van der Waals surface area contributed by atoms with Crippen LogP contribution in [0.15, 0.2) is 64.2 Å². The molecule has 20 heavy (non-hydrogen) atoms. The Morgan fingerprint density at radius 1 is 1.10 bits per heavy atom. The molecule has 0 fully saturated rings. The summed E-state index contributed by atoms with van der Waals surface area (Å²) in [5, 5.41) is 6.91. The summed E-state index contributed by atoms with van der Waals surface area (Å²) >= 11 is 3.36. The van der Waals surface area contributed by atoms with E-state index in [0.717, 1.165) is 15.7 Å². The molecule has 0 aromatic heterocycles. The molecule has 0 spiro atoms. The zero-order valence-electron chi connectivity index (χ0n) is 10.7. The van der Waals surface area contributed by atoms with E-state index in [1.807, 2.05) is 54.6 Å². The van der Waals surface area contributed by atoms with Gasteiger partial charge in [0.15, 0.2) is 0 Å². The Hall–Kier alpha value is -2.14. The molecule has 0 heterocycles. The average Bonchev–Trinajstić information content (AvgIpc) is 2.48. The lowest BCUT2D eigenvalue weighted by Crippen LogP contribution is -2.25. The topological polar surface area (TPSA) is 53.5 Å². The smallest absolute Gasteiger partial charge is 0.259 e. The summed E-state index contributed by atoms with van der Waals surface area (Å²) < 4.78 is 1.000. The van der Waals surface area contributed by atoms with Gasteiger partial charge in [0.1, 0.15) is 0 Å². The fourth-order valence-electron chi connectivity index (χ4n) is 1.51. The summed E-state index contributed by atoms with van der Waals surface area (Å²) in [4.78, 5) is 11.6. The van der Waals surface area contributed by atoms with E-state index in [-0.39, 0.29) is 12.5 Å². The van der Waals surface area contributed by atoms with Gasteiger partial charge in [0.25, 0.3) is 5.91 Å². The first-order valence-electron chi connectivity index (χ1n) is 6.10. The maximum absolute atomic E-state index is 11.6. The van der Waals surface area contributed by atoms with Crippen molar-refractivity contribution >= 4 is 33.7 Å². The molecule has 0 saturated heterocycles. The Morgan fingerprint density at radius 3 is 2.50 bits per heavy atom. The minimum atomic E-state index is -0.194. The zero-order chi connectivity index (χ0) is 14.2. The first kappa shape index (κ1) is 14.3. The number of carbonyl (C=O) groups is 1. The molecule has 1 amide bonds. The van der Waals surface area contributed by atoms with Gasteiger partial charge in [-0.15, -0.1) is 0 Å². The van der Waals surface area contributed by atoms with E-state index in [2.05, 4.69) is 31.8 Å². The van der Waals surface area contributed by atoms with E-state index in [1.165, 1.54) is 0 Å². The van der Waals surface area contributed by atoms with Crippen molar-refractivity contribution < 1.29 is 4.79 Å². The van der Waals surface area contributed by atoms with E-state index < -0.39 is 0 Å². The van der Waals surface area contributed by atoms with Gasteiger partial charge in [0.05, 0.1) is 12.8 Å². The van der Waals surface area contributed by atoms with Crippen LogP contribution in [0, 0.1) is 0 Å². The third kappa shape index (κ3) is 4.85. The Bertz CT molecular complexity index is 582. The van der Waals surface area contributed by atoms with Gasteiger partial charge in [-0.1, -0.05) is 46.3 Å². The first-order valence-corrected chi connectivity index (χ1v) is 6.90. The minimum Gasteiger partial charge on any atom is -0.376 e. The van der Waals surface area contributed by atoms with Crippen LogP contribution in [0.3, 0.4) is 0 Å². The Labute approximate surface area is 126 Å². The highest BCUT2D eigenvalue weighted by molar-refractivity contribution is 9.10. The van der Waals surface area contributed by atoms with Crippen LogP contribution < -0.4 is 10.7 Å². The number of amides is 1. The van der Waals surface area contributed by atoms with Crippen LogP contribution in [-0.4, -0.2) is 18.7 Å². The van der Waals surface area contributed by atoms with Crippen LogP contribution >= 0.6 is 15.9 Å². The van der Waals surface area contributed by atoms with Crippen molar-refractivity contribution in [1.29, 1.82) is 0 Å². The molecule has 102 valence electrons. The predicted octanol–water partition coefficient (Wildman–Crippen LogP) is 3.01. The SMILES string of the molecule is O=C(CNc1ccc(Br)cc1)NN=Cc1ccccc1. The van der Waals surface area contributed by atoms with Crippen molar-refractivity contribution in [2.45, 2.75) is 0 Å². The monoisotopic (exact) mass is 331 g/mol. The van der Waals surface area contributed by atoms with Crippen LogP contribution in [0.1, 0.15) is 5.56 Å². The van der Waals surface area contributed by atoms with Crippen molar-refractivity contribution in [3.05, 3.63) is 64.6 Å². The van der Waals surface area contributed by atoms with Gasteiger partial charge in [-0.3, -0.25) is 4.79 Å². The van der Waals surface area contributed by atoms with Crippen LogP contribution in [0.2, 0.25) is 0 Å². The van der Waals surface area contributed by atoms with E-state index in [0.29, 0.717) is 0 Å². The molecule has 0 atom stereocenters. The lowest BCUT2D eigenvalue weighted by atomic mass is 10.2. The van der Waals surface area contributed by atoms with E-state index in [9.17, 15) is 4.79 Å². The van der Waals surface area contributed by atoms with Crippen LogP contribution in [-0.2, 0) is 4.79 Å². The van der Waals surface area contributed by atoms with Gasteiger partial charge < -0.3 is 5.32 Å². The molecule has 2 rings (SSSR count). The van der Waals surface area contributed by atoms with Crippen molar-refractivity contribution in [3.8, 4) is 0 Å². The number of anilines is 1. The van der Waals surface area contributed by atoms with Gasteiger partial charge in [-0.25, -0.2) is 5.43 Å². The predicted molar refractivity (Wildman–Crippen MR) is 84.8 cm³/mol. The lowest BCUT2D eigenvalue weighted by molar-refractivity contribution is -0.119. The van der Waals surface area contributed by atoms with Gasteiger partial charge in [0.2, 0.25) is 0 Å². The summed E-state index contributed by atoms with van der Waals surface area (Å²) in [6, 6.07) is 17.2. The molecule has 2 N–H and O–H groups in total. The fraction of sp³-hybridized carbons (Fsp3) is 0.0667.